The van der Waals surface area contributed by atoms with Gasteiger partial charge in [0.15, 0.2) is 6.29 Å². The van der Waals surface area contributed by atoms with Crippen molar-refractivity contribution in [1.29, 1.82) is 0 Å². The molecule has 0 aliphatic carbocycles. The van der Waals surface area contributed by atoms with E-state index in [0.717, 1.165) is 5.56 Å². The van der Waals surface area contributed by atoms with Gasteiger partial charge in [0.2, 0.25) is 0 Å². The molecule has 0 radical (unpaired) electrons. The molecule has 2 fully saturated rings. The molecule has 4 atom stereocenters. The number of ether oxygens (including phenoxy) is 5. The first kappa shape index (κ1) is 13.0. The molecule has 0 spiro atoms. The van der Waals surface area contributed by atoms with Crippen molar-refractivity contribution < 1.29 is 23.7 Å². The molecule has 3 rings (SSSR count). The van der Waals surface area contributed by atoms with E-state index in [9.17, 15) is 0 Å². The summed E-state index contributed by atoms with van der Waals surface area (Å²) in [6.07, 6.45) is -0.293. The van der Waals surface area contributed by atoms with Crippen LogP contribution in [0.2, 0.25) is 0 Å². The van der Waals surface area contributed by atoms with Crippen LogP contribution >= 0.6 is 0 Å². The average molecular weight is 266 g/mol. The lowest BCUT2D eigenvalue weighted by molar-refractivity contribution is -0.198. The zero-order chi connectivity index (χ0) is 13.1. The smallest absolute Gasteiger partial charge is 0.186 e. The van der Waals surface area contributed by atoms with E-state index in [2.05, 4.69) is 0 Å². The molecular weight excluding hydrogens is 248 g/mol. The maximum atomic E-state index is 5.74. The summed E-state index contributed by atoms with van der Waals surface area (Å²) in [6.45, 7) is 1.27. The molecule has 104 valence electrons. The van der Waals surface area contributed by atoms with Gasteiger partial charge in [-0.1, -0.05) is 30.3 Å². The van der Waals surface area contributed by atoms with E-state index in [1.165, 1.54) is 0 Å². The van der Waals surface area contributed by atoms with E-state index in [-0.39, 0.29) is 31.4 Å². The highest BCUT2D eigenvalue weighted by Crippen LogP contribution is 2.36. The Balaban J connectivity index is 1.45. The second-order valence-corrected chi connectivity index (χ2v) is 4.68. The maximum Gasteiger partial charge on any atom is 0.186 e. The molecule has 0 N–H and O–H groups in total. The zero-order valence-electron chi connectivity index (χ0n) is 10.9. The summed E-state index contributed by atoms with van der Waals surface area (Å²) >= 11 is 0. The van der Waals surface area contributed by atoms with Crippen molar-refractivity contribution in [3.05, 3.63) is 35.9 Å². The second-order valence-electron chi connectivity index (χ2n) is 4.68. The van der Waals surface area contributed by atoms with Crippen LogP contribution in [0.3, 0.4) is 0 Å². The van der Waals surface area contributed by atoms with Crippen LogP contribution in [0.4, 0.5) is 0 Å². The summed E-state index contributed by atoms with van der Waals surface area (Å²) in [5.41, 5.74) is 1.13. The van der Waals surface area contributed by atoms with E-state index in [0.29, 0.717) is 13.2 Å². The van der Waals surface area contributed by atoms with Crippen LogP contribution in [-0.4, -0.2) is 45.1 Å². The standard InChI is InChI=1S/C14H18O5/c1-15-9-18-11-8-17-14(13-12(11)19-13)16-7-10-5-3-2-4-6-10/h2-6,11-14H,7-9H2,1H3/t11-,12+,13+,14+/m1/s1. The van der Waals surface area contributed by atoms with Gasteiger partial charge < -0.3 is 23.7 Å². The van der Waals surface area contributed by atoms with Crippen molar-refractivity contribution in [2.75, 3.05) is 20.5 Å². The van der Waals surface area contributed by atoms with Gasteiger partial charge in [-0.15, -0.1) is 0 Å². The average Bonchev–Trinajstić information content (AvgIpc) is 3.25. The lowest BCUT2D eigenvalue weighted by Gasteiger charge is -2.25. The third kappa shape index (κ3) is 3.13. The topological polar surface area (TPSA) is 49.5 Å². The minimum atomic E-state index is -0.299. The highest BCUT2D eigenvalue weighted by atomic mass is 16.8. The third-order valence-electron chi connectivity index (χ3n) is 3.28. The molecule has 0 unspecified atom stereocenters. The monoisotopic (exact) mass is 266 g/mol. The van der Waals surface area contributed by atoms with Gasteiger partial charge in [0, 0.05) is 7.11 Å². The van der Waals surface area contributed by atoms with Gasteiger partial charge in [-0.2, -0.15) is 0 Å². The Kier molecular flexibility index (Phi) is 4.10. The molecule has 1 aromatic rings. The SMILES string of the molecule is COCO[C@@H]1CO[C@H](OCc2ccccc2)[C@H]2O[C@H]21. The van der Waals surface area contributed by atoms with Gasteiger partial charge in [0.05, 0.1) is 13.2 Å². The first-order chi connectivity index (χ1) is 9.38. The molecule has 0 amide bonds. The molecule has 2 aliphatic heterocycles. The molecule has 2 saturated heterocycles. The lowest BCUT2D eigenvalue weighted by atomic mass is 10.1. The highest BCUT2D eigenvalue weighted by molar-refractivity contribution is 5.13. The maximum absolute atomic E-state index is 5.74. The first-order valence-corrected chi connectivity index (χ1v) is 6.41. The molecule has 0 aromatic heterocycles. The summed E-state index contributed by atoms with van der Waals surface area (Å²) in [6, 6.07) is 10.0. The van der Waals surface area contributed by atoms with E-state index in [1.54, 1.807) is 7.11 Å². The fourth-order valence-electron chi connectivity index (χ4n) is 2.23. The van der Waals surface area contributed by atoms with Crippen molar-refractivity contribution in [1.82, 2.24) is 0 Å². The van der Waals surface area contributed by atoms with E-state index >= 15 is 0 Å². The van der Waals surface area contributed by atoms with Gasteiger partial charge in [-0.05, 0) is 5.56 Å². The van der Waals surface area contributed by atoms with Crippen LogP contribution in [0.15, 0.2) is 30.3 Å². The molecule has 5 heteroatoms. The fourth-order valence-corrected chi connectivity index (χ4v) is 2.23. The Morgan fingerprint density at radius 1 is 1.16 bits per heavy atom. The molecule has 2 heterocycles. The van der Waals surface area contributed by atoms with Gasteiger partial charge in [-0.3, -0.25) is 0 Å². The molecule has 0 bridgehead atoms. The largest absolute Gasteiger partial charge is 0.361 e. The molecule has 5 nitrogen and oxygen atoms in total. The predicted molar refractivity (Wildman–Crippen MR) is 66.4 cm³/mol. The van der Waals surface area contributed by atoms with Crippen LogP contribution in [-0.2, 0) is 30.3 Å². The number of fused-ring (bicyclic) bond motifs is 1. The molecule has 0 saturated carbocycles. The fraction of sp³-hybridized carbons (Fsp3) is 0.571. The summed E-state index contributed by atoms with van der Waals surface area (Å²) in [7, 11) is 1.60. The molecular formula is C14H18O5. The normalized spacial score (nSPS) is 32.9. The Labute approximate surface area is 112 Å². The second kappa shape index (κ2) is 5.98. The van der Waals surface area contributed by atoms with Crippen LogP contribution in [0.25, 0.3) is 0 Å². The Bertz CT molecular complexity index is 396. The summed E-state index contributed by atoms with van der Waals surface area (Å²) in [4.78, 5) is 0. The van der Waals surface area contributed by atoms with Crippen LogP contribution in [0, 0.1) is 0 Å². The minimum Gasteiger partial charge on any atom is -0.361 e. The third-order valence-corrected chi connectivity index (χ3v) is 3.28. The van der Waals surface area contributed by atoms with Crippen molar-refractivity contribution >= 4 is 0 Å². The van der Waals surface area contributed by atoms with Crippen LogP contribution in [0.1, 0.15) is 5.56 Å². The van der Waals surface area contributed by atoms with Crippen LogP contribution < -0.4 is 0 Å². The van der Waals surface area contributed by atoms with Gasteiger partial charge in [0.25, 0.3) is 0 Å². The lowest BCUT2D eigenvalue weighted by Crippen LogP contribution is -2.40. The van der Waals surface area contributed by atoms with Gasteiger partial charge in [-0.25, -0.2) is 0 Å². The molecule has 1 aromatic carbocycles. The number of benzene rings is 1. The predicted octanol–water partition coefficient (Wildman–Crippen LogP) is 1.32. The number of hydrogen-bond acceptors (Lipinski definition) is 5. The van der Waals surface area contributed by atoms with Gasteiger partial charge in [0.1, 0.15) is 25.1 Å². The van der Waals surface area contributed by atoms with E-state index in [4.69, 9.17) is 23.7 Å². The molecule has 2 aliphatic rings. The number of epoxide rings is 1. The van der Waals surface area contributed by atoms with E-state index in [1.807, 2.05) is 30.3 Å². The van der Waals surface area contributed by atoms with Crippen molar-refractivity contribution in [3.8, 4) is 0 Å². The Hall–Kier alpha value is -0.980. The quantitative estimate of drug-likeness (QED) is 0.574. The number of methoxy groups -OCH3 is 1. The molecule has 19 heavy (non-hydrogen) atoms. The Morgan fingerprint density at radius 2 is 2.00 bits per heavy atom. The van der Waals surface area contributed by atoms with Crippen molar-refractivity contribution in [2.24, 2.45) is 0 Å². The van der Waals surface area contributed by atoms with Gasteiger partial charge >= 0.3 is 0 Å². The minimum absolute atomic E-state index is 0.0145. The summed E-state index contributed by atoms with van der Waals surface area (Å²) in [5, 5.41) is 0. The van der Waals surface area contributed by atoms with E-state index < -0.39 is 0 Å². The highest BCUT2D eigenvalue weighted by Gasteiger charge is 2.55. The first-order valence-electron chi connectivity index (χ1n) is 6.41. The zero-order valence-corrected chi connectivity index (χ0v) is 10.9. The van der Waals surface area contributed by atoms with Crippen molar-refractivity contribution in [2.45, 2.75) is 31.2 Å². The number of rotatable bonds is 6. The summed E-state index contributed by atoms with van der Waals surface area (Å²) < 4.78 is 27.3. The van der Waals surface area contributed by atoms with Crippen LogP contribution in [0.5, 0.6) is 0 Å². The number of hydrogen-bond donors (Lipinski definition) is 0. The van der Waals surface area contributed by atoms with Crippen molar-refractivity contribution in [3.63, 3.8) is 0 Å². The Morgan fingerprint density at radius 3 is 2.79 bits per heavy atom. The summed E-state index contributed by atoms with van der Waals surface area (Å²) in [5.74, 6) is 0.